The summed E-state index contributed by atoms with van der Waals surface area (Å²) in [6, 6.07) is 0.825. The number of hydrogen-bond acceptors (Lipinski definition) is 2. The molecule has 0 aliphatic rings. The van der Waals surface area contributed by atoms with E-state index in [-0.39, 0.29) is 5.82 Å². The Bertz CT molecular complexity index is 341. The topological polar surface area (TPSA) is 24.9 Å². The molecule has 96 valence electrons. The molecular formula is C12H17ClF2N2. The first kappa shape index (κ1) is 14.2. The molecule has 1 rings (SSSR count). The third-order valence-corrected chi connectivity index (χ3v) is 2.80. The van der Waals surface area contributed by atoms with Crippen LogP contribution in [0.25, 0.3) is 0 Å². The summed E-state index contributed by atoms with van der Waals surface area (Å²) < 4.78 is 25.9. The molecule has 0 saturated carbocycles. The monoisotopic (exact) mass is 262 g/mol. The molecule has 1 heterocycles. The number of pyridine rings is 1. The molecule has 2 nitrogen and oxygen atoms in total. The fourth-order valence-electron chi connectivity index (χ4n) is 1.70. The van der Waals surface area contributed by atoms with Gasteiger partial charge in [0.25, 0.3) is 0 Å². The van der Waals surface area contributed by atoms with Gasteiger partial charge in [-0.1, -0.05) is 13.3 Å². The summed E-state index contributed by atoms with van der Waals surface area (Å²) in [4.78, 5) is 3.68. The molecule has 1 atom stereocenters. The molecule has 0 aliphatic heterocycles. The maximum Gasteiger partial charge on any atom is 0.168 e. The second-order valence-corrected chi connectivity index (χ2v) is 4.38. The van der Waals surface area contributed by atoms with Crippen molar-refractivity contribution in [3.05, 3.63) is 23.9 Å². The molecule has 0 radical (unpaired) electrons. The zero-order chi connectivity index (χ0) is 12.7. The molecule has 0 aliphatic carbocycles. The van der Waals surface area contributed by atoms with Crippen LogP contribution in [0.4, 0.5) is 14.6 Å². The molecule has 0 fully saturated rings. The van der Waals surface area contributed by atoms with Crippen molar-refractivity contribution in [1.29, 1.82) is 0 Å². The van der Waals surface area contributed by atoms with E-state index in [4.69, 9.17) is 11.6 Å². The van der Waals surface area contributed by atoms with Gasteiger partial charge in [0.15, 0.2) is 11.6 Å². The lowest BCUT2D eigenvalue weighted by molar-refractivity contribution is 0.487. The van der Waals surface area contributed by atoms with Gasteiger partial charge in [-0.2, -0.15) is 0 Å². The van der Waals surface area contributed by atoms with Crippen LogP contribution in [-0.2, 0) is 0 Å². The predicted molar refractivity (Wildman–Crippen MR) is 66.4 cm³/mol. The van der Waals surface area contributed by atoms with Gasteiger partial charge >= 0.3 is 0 Å². The summed E-state index contributed by atoms with van der Waals surface area (Å²) in [6.07, 6.45) is 3.97. The summed E-state index contributed by atoms with van der Waals surface area (Å²) in [5.41, 5.74) is 0. The van der Waals surface area contributed by atoms with E-state index in [1.807, 2.05) is 0 Å². The fraction of sp³-hybridized carbons (Fsp3) is 0.583. The largest absolute Gasteiger partial charge is 0.367 e. The maximum atomic E-state index is 13.3. The molecule has 0 bridgehead atoms. The second-order valence-electron chi connectivity index (χ2n) is 4.00. The van der Waals surface area contributed by atoms with Crippen molar-refractivity contribution in [2.75, 3.05) is 17.7 Å². The first-order valence-corrected chi connectivity index (χ1v) is 6.31. The van der Waals surface area contributed by atoms with Gasteiger partial charge in [0, 0.05) is 18.5 Å². The van der Waals surface area contributed by atoms with Gasteiger partial charge in [-0.15, -0.1) is 11.6 Å². The number of anilines is 1. The van der Waals surface area contributed by atoms with Gasteiger partial charge in [0.1, 0.15) is 5.82 Å². The van der Waals surface area contributed by atoms with Gasteiger partial charge in [-0.25, -0.2) is 13.8 Å². The number of rotatable bonds is 7. The molecule has 0 aromatic carbocycles. The Morgan fingerprint density at radius 1 is 1.41 bits per heavy atom. The lowest BCUT2D eigenvalue weighted by Gasteiger charge is -2.16. The van der Waals surface area contributed by atoms with E-state index in [0.29, 0.717) is 18.3 Å². The number of alkyl halides is 1. The molecule has 0 saturated heterocycles. The van der Waals surface area contributed by atoms with Crippen molar-refractivity contribution in [3.63, 3.8) is 0 Å². The smallest absolute Gasteiger partial charge is 0.168 e. The Hall–Kier alpha value is -0.900. The average molecular weight is 263 g/mol. The minimum Gasteiger partial charge on any atom is -0.367 e. The first-order valence-electron chi connectivity index (χ1n) is 5.78. The molecule has 1 N–H and O–H groups in total. The molecule has 0 spiro atoms. The van der Waals surface area contributed by atoms with E-state index < -0.39 is 11.6 Å². The van der Waals surface area contributed by atoms with Gasteiger partial charge < -0.3 is 5.32 Å². The van der Waals surface area contributed by atoms with Crippen LogP contribution in [0.3, 0.4) is 0 Å². The van der Waals surface area contributed by atoms with E-state index in [0.717, 1.165) is 31.5 Å². The quantitative estimate of drug-likeness (QED) is 0.756. The highest BCUT2D eigenvalue weighted by atomic mass is 35.5. The minimum absolute atomic E-state index is 0.0991. The summed E-state index contributed by atoms with van der Waals surface area (Å²) in [5.74, 6) is -0.248. The highest BCUT2D eigenvalue weighted by molar-refractivity contribution is 6.17. The Balaban J connectivity index is 2.52. The van der Waals surface area contributed by atoms with Crippen molar-refractivity contribution in [3.8, 4) is 0 Å². The third kappa shape index (κ3) is 4.86. The second kappa shape index (κ2) is 7.43. The lowest BCUT2D eigenvalue weighted by atomic mass is 10.0. The highest BCUT2D eigenvalue weighted by Crippen LogP contribution is 2.16. The Morgan fingerprint density at radius 3 is 2.76 bits per heavy atom. The first-order chi connectivity index (χ1) is 8.17. The van der Waals surface area contributed by atoms with Crippen molar-refractivity contribution in [1.82, 2.24) is 4.98 Å². The average Bonchev–Trinajstić information content (AvgIpc) is 2.28. The van der Waals surface area contributed by atoms with Gasteiger partial charge in [-0.05, 0) is 18.8 Å². The van der Waals surface area contributed by atoms with E-state index in [1.165, 1.54) is 0 Å². The van der Waals surface area contributed by atoms with Crippen molar-refractivity contribution < 1.29 is 8.78 Å². The highest BCUT2D eigenvalue weighted by Gasteiger charge is 2.10. The van der Waals surface area contributed by atoms with Crippen molar-refractivity contribution in [2.24, 2.45) is 5.92 Å². The Labute approximate surface area is 105 Å². The van der Waals surface area contributed by atoms with E-state index in [2.05, 4.69) is 17.2 Å². The zero-order valence-corrected chi connectivity index (χ0v) is 10.6. The number of nitrogens with zero attached hydrogens (tertiary/aromatic N) is 1. The Kier molecular flexibility index (Phi) is 6.19. The van der Waals surface area contributed by atoms with E-state index in [1.54, 1.807) is 0 Å². The van der Waals surface area contributed by atoms with Crippen molar-refractivity contribution in [2.45, 2.75) is 26.2 Å². The van der Waals surface area contributed by atoms with E-state index >= 15 is 0 Å². The number of nitrogens with one attached hydrogen (secondary N) is 1. The molecule has 0 amide bonds. The van der Waals surface area contributed by atoms with Crippen LogP contribution in [0, 0.1) is 17.6 Å². The van der Waals surface area contributed by atoms with Crippen LogP contribution < -0.4 is 5.32 Å². The van der Waals surface area contributed by atoms with E-state index in [9.17, 15) is 8.78 Å². The van der Waals surface area contributed by atoms with Gasteiger partial charge in [0.2, 0.25) is 0 Å². The fourth-order valence-corrected chi connectivity index (χ4v) is 2.01. The predicted octanol–water partition coefficient (Wildman–Crippen LogP) is 3.82. The van der Waals surface area contributed by atoms with Crippen LogP contribution in [0.15, 0.2) is 12.3 Å². The summed E-state index contributed by atoms with van der Waals surface area (Å²) >= 11 is 5.70. The van der Waals surface area contributed by atoms with Crippen LogP contribution in [-0.4, -0.2) is 17.4 Å². The third-order valence-electron chi connectivity index (χ3n) is 2.58. The lowest BCUT2D eigenvalue weighted by Crippen LogP contribution is -2.16. The van der Waals surface area contributed by atoms with Crippen LogP contribution in [0.5, 0.6) is 0 Å². The summed E-state index contributed by atoms with van der Waals surface area (Å²) in [5, 5.41) is 2.90. The van der Waals surface area contributed by atoms with Crippen LogP contribution >= 0.6 is 11.6 Å². The maximum absolute atomic E-state index is 13.3. The molecule has 1 aromatic rings. The molecule has 1 aromatic heterocycles. The van der Waals surface area contributed by atoms with Crippen molar-refractivity contribution >= 4 is 17.4 Å². The normalized spacial score (nSPS) is 12.5. The SMILES string of the molecule is CCCC(CCCl)CNc1ncc(F)cc1F. The molecule has 1 unspecified atom stereocenters. The Morgan fingerprint density at radius 2 is 2.18 bits per heavy atom. The number of aromatic nitrogens is 1. The standard InChI is InChI=1S/C12H17ClF2N2/c1-2-3-9(4-5-13)7-16-12-11(15)6-10(14)8-17-12/h6,8-9H,2-5,7H2,1H3,(H,16,17). The van der Waals surface area contributed by atoms with Gasteiger partial charge in [-0.3, -0.25) is 0 Å². The minimum atomic E-state index is -0.668. The van der Waals surface area contributed by atoms with Crippen LogP contribution in [0.1, 0.15) is 26.2 Å². The zero-order valence-electron chi connectivity index (χ0n) is 9.85. The molecular weight excluding hydrogens is 246 g/mol. The molecule has 17 heavy (non-hydrogen) atoms. The number of hydrogen-bond donors (Lipinski definition) is 1. The summed E-state index contributed by atoms with van der Waals surface area (Å²) in [7, 11) is 0. The van der Waals surface area contributed by atoms with Gasteiger partial charge in [0.05, 0.1) is 6.20 Å². The van der Waals surface area contributed by atoms with Crippen LogP contribution in [0.2, 0.25) is 0 Å². The number of halogens is 3. The molecule has 5 heteroatoms. The summed E-state index contributed by atoms with van der Waals surface area (Å²) in [6.45, 7) is 2.70.